The van der Waals surface area contributed by atoms with Crippen LogP contribution in [0, 0.1) is 0 Å². The highest BCUT2D eigenvalue weighted by atomic mass is 32.1. The zero-order chi connectivity index (χ0) is 23.5. The van der Waals surface area contributed by atoms with Gasteiger partial charge in [0, 0.05) is 23.8 Å². The van der Waals surface area contributed by atoms with Crippen molar-refractivity contribution in [2.75, 3.05) is 18.6 Å². The normalized spacial score (nSPS) is 17.5. The number of hydrogen-bond donors (Lipinski definition) is 1. The molecule has 1 aliphatic rings. The van der Waals surface area contributed by atoms with E-state index in [9.17, 15) is 0 Å². The first-order valence-corrected chi connectivity index (χ1v) is 11.7. The first-order valence-electron chi connectivity index (χ1n) is 11.3. The Morgan fingerprint density at radius 3 is 2.50 bits per heavy atom. The van der Waals surface area contributed by atoms with Crippen LogP contribution >= 0.6 is 12.2 Å². The zero-order valence-corrected chi connectivity index (χ0v) is 19.9. The van der Waals surface area contributed by atoms with E-state index in [1.165, 1.54) is 0 Å². The fraction of sp³-hybridized carbons (Fsp3) is 0.185. The number of methoxy groups -OCH3 is 1. The van der Waals surface area contributed by atoms with Crippen LogP contribution in [0.5, 0.6) is 11.5 Å². The van der Waals surface area contributed by atoms with Crippen LogP contribution in [0.3, 0.4) is 0 Å². The van der Waals surface area contributed by atoms with Gasteiger partial charge < -0.3 is 24.3 Å². The van der Waals surface area contributed by atoms with Crippen molar-refractivity contribution in [1.29, 1.82) is 0 Å². The SMILES string of the molecule is CCOc1ccc(-n2cccc2[C@@H]2[C@@H](c3ccccn3)NC(=S)N2c2ccccc2OC)cc1. The van der Waals surface area contributed by atoms with Gasteiger partial charge in [0.15, 0.2) is 5.11 Å². The van der Waals surface area contributed by atoms with Crippen molar-refractivity contribution in [3.8, 4) is 17.2 Å². The summed E-state index contributed by atoms with van der Waals surface area (Å²) in [6.07, 6.45) is 3.89. The van der Waals surface area contributed by atoms with Crippen LogP contribution in [0.25, 0.3) is 5.69 Å². The fourth-order valence-corrected chi connectivity index (χ4v) is 4.82. The number of benzene rings is 2. The molecule has 0 saturated carbocycles. The van der Waals surface area contributed by atoms with Crippen LogP contribution in [-0.2, 0) is 0 Å². The number of nitrogens with zero attached hydrogens (tertiary/aromatic N) is 3. The second-order valence-corrected chi connectivity index (χ2v) is 8.29. The highest BCUT2D eigenvalue weighted by molar-refractivity contribution is 7.80. The molecular formula is C27H26N4O2S. The largest absolute Gasteiger partial charge is 0.495 e. The van der Waals surface area contributed by atoms with Crippen LogP contribution in [0.2, 0.25) is 0 Å². The number of ether oxygens (including phenoxy) is 2. The lowest BCUT2D eigenvalue weighted by Crippen LogP contribution is -2.30. The summed E-state index contributed by atoms with van der Waals surface area (Å²) in [5, 5.41) is 4.15. The molecule has 1 saturated heterocycles. The average molecular weight is 471 g/mol. The molecule has 2 aromatic carbocycles. The Morgan fingerprint density at radius 2 is 1.76 bits per heavy atom. The molecule has 1 N–H and O–H groups in total. The number of thiocarbonyl (C=S) groups is 1. The minimum absolute atomic E-state index is 0.144. The van der Waals surface area contributed by atoms with Gasteiger partial charge >= 0.3 is 0 Å². The van der Waals surface area contributed by atoms with Gasteiger partial charge in [-0.05, 0) is 79.8 Å². The number of para-hydroxylation sites is 2. The van der Waals surface area contributed by atoms with Crippen LogP contribution in [-0.4, -0.2) is 28.4 Å². The van der Waals surface area contributed by atoms with E-state index in [0.29, 0.717) is 11.7 Å². The van der Waals surface area contributed by atoms with Gasteiger partial charge in [0.2, 0.25) is 0 Å². The summed E-state index contributed by atoms with van der Waals surface area (Å²) >= 11 is 5.87. The van der Waals surface area contributed by atoms with Gasteiger partial charge in [-0.25, -0.2) is 0 Å². The second kappa shape index (κ2) is 9.57. The first-order chi connectivity index (χ1) is 16.7. The van der Waals surface area contributed by atoms with E-state index < -0.39 is 0 Å². The molecule has 6 nitrogen and oxygen atoms in total. The molecule has 2 aromatic heterocycles. The quantitative estimate of drug-likeness (QED) is 0.362. The molecule has 7 heteroatoms. The van der Waals surface area contributed by atoms with E-state index in [1.807, 2.05) is 67.7 Å². The van der Waals surface area contributed by atoms with Crippen molar-refractivity contribution < 1.29 is 9.47 Å². The summed E-state index contributed by atoms with van der Waals surface area (Å²) in [5.41, 5.74) is 3.95. The molecule has 1 aliphatic heterocycles. The number of rotatable bonds is 7. The Bertz CT molecular complexity index is 1270. The van der Waals surface area contributed by atoms with E-state index in [0.717, 1.165) is 34.3 Å². The van der Waals surface area contributed by atoms with Crippen molar-refractivity contribution in [2.24, 2.45) is 0 Å². The Hall–Kier alpha value is -3.84. The van der Waals surface area contributed by atoms with E-state index in [1.54, 1.807) is 7.11 Å². The predicted octanol–water partition coefficient (Wildman–Crippen LogP) is 5.46. The standard InChI is InChI=1S/C27H26N4O2S/c1-3-33-20-15-13-19(14-16-20)30-18-8-11-23(30)26-25(21-9-6-7-17-28-21)29-27(34)31(26)22-10-4-5-12-24(22)32-2/h4-18,25-26H,3H2,1-2H3,(H,29,34)/t25-,26-/m1/s1. The summed E-state index contributed by atoms with van der Waals surface area (Å²) in [6, 6.07) is 25.9. The van der Waals surface area contributed by atoms with Crippen LogP contribution in [0.1, 0.15) is 30.4 Å². The van der Waals surface area contributed by atoms with Crippen molar-refractivity contribution in [1.82, 2.24) is 14.9 Å². The van der Waals surface area contributed by atoms with Gasteiger partial charge in [0.1, 0.15) is 17.5 Å². The topological polar surface area (TPSA) is 51.5 Å². The van der Waals surface area contributed by atoms with E-state index in [-0.39, 0.29) is 12.1 Å². The van der Waals surface area contributed by atoms with E-state index in [2.05, 4.69) is 50.2 Å². The first kappa shape index (κ1) is 22.0. The molecule has 172 valence electrons. The Labute approximate surface area is 204 Å². The predicted molar refractivity (Wildman–Crippen MR) is 138 cm³/mol. The monoisotopic (exact) mass is 470 g/mol. The molecule has 3 heterocycles. The number of pyridine rings is 1. The minimum Gasteiger partial charge on any atom is -0.495 e. The molecule has 0 radical (unpaired) electrons. The Kier molecular flexibility index (Phi) is 6.18. The summed E-state index contributed by atoms with van der Waals surface area (Å²) in [5.74, 6) is 1.61. The second-order valence-electron chi connectivity index (χ2n) is 7.90. The third-order valence-electron chi connectivity index (χ3n) is 5.95. The van der Waals surface area contributed by atoms with Crippen LogP contribution < -0.4 is 19.7 Å². The van der Waals surface area contributed by atoms with Crippen LogP contribution in [0.4, 0.5) is 5.69 Å². The van der Waals surface area contributed by atoms with Crippen molar-refractivity contribution >= 4 is 23.0 Å². The maximum Gasteiger partial charge on any atom is 0.174 e. The third kappa shape index (κ3) is 3.99. The Morgan fingerprint density at radius 1 is 0.971 bits per heavy atom. The third-order valence-corrected chi connectivity index (χ3v) is 6.27. The van der Waals surface area contributed by atoms with Gasteiger partial charge in [0.25, 0.3) is 0 Å². The molecule has 0 amide bonds. The lowest BCUT2D eigenvalue weighted by molar-refractivity contribution is 0.340. The van der Waals surface area contributed by atoms with Gasteiger partial charge in [-0.2, -0.15) is 0 Å². The average Bonchev–Trinajstić information content (AvgIpc) is 3.49. The van der Waals surface area contributed by atoms with Gasteiger partial charge in [0.05, 0.1) is 31.1 Å². The minimum atomic E-state index is -0.153. The smallest absolute Gasteiger partial charge is 0.174 e. The van der Waals surface area contributed by atoms with E-state index >= 15 is 0 Å². The number of nitrogens with one attached hydrogen (secondary N) is 1. The van der Waals surface area contributed by atoms with Crippen molar-refractivity contribution in [2.45, 2.75) is 19.0 Å². The van der Waals surface area contributed by atoms with Crippen molar-refractivity contribution in [3.05, 3.63) is 103 Å². The molecule has 34 heavy (non-hydrogen) atoms. The molecule has 0 spiro atoms. The highest BCUT2D eigenvalue weighted by Gasteiger charge is 2.43. The zero-order valence-electron chi connectivity index (χ0n) is 19.1. The molecular weight excluding hydrogens is 444 g/mol. The molecule has 2 atom stereocenters. The fourth-order valence-electron chi connectivity index (χ4n) is 4.48. The molecule has 0 bridgehead atoms. The molecule has 0 unspecified atom stereocenters. The van der Waals surface area contributed by atoms with Gasteiger partial charge in [-0.15, -0.1) is 0 Å². The lowest BCUT2D eigenvalue weighted by Gasteiger charge is -2.30. The molecule has 5 rings (SSSR count). The van der Waals surface area contributed by atoms with E-state index in [4.69, 9.17) is 21.7 Å². The summed E-state index contributed by atoms with van der Waals surface area (Å²) < 4.78 is 13.5. The summed E-state index contributed by atoms with van der Waals surface area (Å²) in [7, 11) is 1.68. The highest BCUT2D eigenvalue weighted by Crippen LogP contribution is 2.44. The van der Waals surface area contributed by atoms with Crippen LogP contribution in [0.15, 0.2) is 91.3 Å². The Balaban J connectivity index is 1.64. The van der Waals surface area contributed by atoms with Gasteiger partial charge in [-0.1, -0.05) is 18.2 Å². The van der Waals surface area contributed by atoms with Gasteiger partial charge in [-0.3, -0.25) is 4.98 Å². The lowest BCUT2D eigenvalue weighted by atomic mass is 10.0. The number of anilines is 1. The number of aromatic nitrogens is 2. The van der Waals surface area contributed by atoms with Crippen molar-refractivity contribution in [3.63, 3.8) is 0 Å². The maximum atomic E-state index is 5.87. The number of hydrogen-bond acceptors (Lipinski definition) is 4. The molecule has 1 fully saturated rings. The molecule has 4 aromatic rings. The molecule has 0 aliphatic carbocycles. The summed E-state index contributed by atoms with van der Waals surface area (Å²) in [6.45, 7) is 2.62. The summed E-state index contributed by atoms with van der Waals surface area (Å²) in [4.78, 5) is 6.79. The maximum absolute atomic E-state index is 5.87.